The number of nitrogens with one attached hydrogen (secondary N) is 1. The quantitative estimate of drug-likeness (QED) is 0.590. The summed E-state index contributed by atoms with van der Waals surface area (Å²) >= 11 is 0. The smallest absolute Gasteiger partial charge is 0.329 e. The molecule has 1 unspecified atom stereocenters. The van der Waals surface area contributed by atoms with Crippen LogP contribution in [0.3, 0.4) is 0 Å². The molecule has 7 nitrogen and oxygen atoms in total. The van der Waals surface area contributed by atoms with Gasteiger partial charge in [0, 0.05) is 18.2 Å². The SMILES string of the molecule is Cc1cn([C@@H]2C[C@H](O)[C@@H](CO)S2=O)c(=O)[nH]c1=O. The van der Waals surface area contributed by atoms with Gasteiger partial charge in [-0.05, 0) is 6.92 Å². The summed E-state index contributed by atoms with van der Waals surface area (Å²) in [5.74, 6) is 0. The van der Waals surface area contributed by atoms with Crippen LogP contribution >= 0.6 is 0 Å². The van der Waals surface area contributed by atoms with Crippen LogP contribution < -0.4 is 11.2 Å². The lowest BCUT2D eigenvalue weighted by Crippen LogP contribution is -2.34. The third-order valence-electron chi connectivity index (χ3n) is 3.07. The number of aromatic amines is 1. The number of hydrogen-bond acceptors (Lipinski definition) is 5. The minimum Gasteiger partial charge on any atom is -0.395 e. The minimum absolute atomic E-state index is 0.114. The highest BCUT2D eigenvalue weighted by molar-refractivity contribution is 7.86. The normalized spacial score (nSPS) is 31.7. The summed E-state index contributed by atoms with van der Waals surface area (Å²) in [6.45, 7) is 1.13. The molecule has 3 N–H and O–H groups in total. The Hall–Kier alpha value is -1.25. The second-order valence-corrected chi connectivity index (χ2v) is 6.09. The monoisotopic (exact) mass is 274 g/mol. The van der Waals surface area contributed by atoms with E-state index in [0.29, 0.717) is 5.56 Å². The molecule has 1 saturated heterocycles. The van der Waals surface area contributed by atoms with Crippen LogP contribution in [0, 0.1) is 6.92 Å². The van der Waals surface area contributed by atoms with Gasteiger partial charge in [0.05, 0.1) is 28.8 Å². The number of aliphatic hydroxyl groups is 2. The van der Waals surface area contributed by atoms with E-state index in [1.54, 1.807) is 0 Å². The molecule has 1 aliphatic heterocycles. The maximum Gasteiger partial charge on any atom is 0.329 e. The van der Waals surface area contributed by atoms with Crippen LogP contribution in [-0.4, -0.2) is 41.9 Å². The average Bonchev–Trinajstić information content (AvgIpc) is 2.59. The van der Waals surface area contributed by atoms with Gasteiger partial charge in [-0.1, -0.05) is 0 Å². The maximum atomic E-state index is 12.0. The van der Waals surface area contributed by atoms with Crippen molar-refractivity contribution in [3.8, 4) is 0 Å². The van der Waals surface area contributed by atoms with E-state index < -0.39 is 45.4 Å². The van der Waals surface area contributed by atoms with Gasteiger partial charge in [0.25, 0.3) is 5.56 Å². The molecule has 100 valence electrons. The lowest BCUT2D eigenvalue weighted by Gasteiger charge is -2.13. The van der Waals surface area contributed by atoms with E-state index in [1.807, 2.05) is 0 Å². The molecule has 1 fully saturated rings. The zero-order valence-electron chi connectivity index (χ0n) is 9.70. The summed E-state index contributed by atoms with van der Waals surface area (Å²) in [5, 5.41) is 17.2. The van der Waals surface area contributed by atoms with Gasteiger partial charge in [0.1, 0.15) is 5.37 Å². The largest absolute Gasteiger partial charge is 0.395 e. The fourth-order valence-electron chi connectivity index (χ4n) is 2.03. The van der Waals surface area contributed by atoms with Crippen molar-refractivity contribution in [2.24, 2.45) is 0 Å². The van der Waals surface area contributed by atoms with Crippen molar-refractivity contribution in [2.45, 2.75) is 30.1 Å². The third-order valence-corrected chi connectivity index (χ3v) is 5.09. The first kappa shape index (κ1) is 13.2. The molecule has 8 heteroatoms. The van der Waals surface area contributed by atoms with E-state index in [1.165, 1.54) is 13.1 Å². The van der Waals surface area contributed by atoms with Crippen molar-refractivity contribution in [3.05, 3.63) is 32.6 Å². The number of hydrogen-bond donors (Lipinski definition) is 3. The number of aliphatic hydroxyl groups excluding tert-OH is 2. The Balaban J connectivity index is 2.45. The van der Waals surface area contributed by atoms with Crippen molar-refractivity contribution in [1.82, 2.24) is 9.55 Å². The second kappa shape index (κ2) is 4.79. The first-order valence-electron chi connectivity index (χ1n) is 5.46. The van der Waals surface area contributed by atoms with Gasteiger partial charge < -0.3 is 10.2 Å². The van der Waals surface area contributed by atoms with E-state index in [9.17, 15) is 18.9 Å². The summed E-state index contributed by atoms with van der Waals surface area (Å²) in [5.41, 5.74) is -0.817. The van der Waals surface area contributed by atoms with Crippen LogP contribution in [0.5, 0.6) is 0 Å². The zero-order chi connectivity index (χ0) is 13.4. The fraction of sp³-hybridized carbons (Fsp3) is 0.600. The van der Waals surface area contributed by atoms with Crippen LogP contribution in [0.1, 0.15) is 17.4 Å². The molecular formula is C10H14N2O5S. The lowest BCUT2D eigenvalue weighted by molar-refractivity contribution is 0.137. The van der Waals surface area contributed by atoms with E-state index in [2.05, 4.69) is 4.98 Å². The predicted molar refractivity (Wildman–Crippen MR) is 64.7 cm³/mol. The predicted octanol–water partition coefficient (Wildman–Crippen LogP) is -1.78. The minimum atomic E-state index is -1.56. The first-order valence-corrected chi connectivity index (χ1v) is 6.73. The molecule has 0 aromatic carbocycles. The average molecular weight is 274 g/mol. The molecule has 0 amide bonds. The van der Waals surface area contributed by atoms with Crippen LogP contribution in [0.25, 0.3) is 0 Å². The molecule has 0 spiro atoms. The van der Waals surface area contributed by atoms with Crippen LogP contribution in [0.15, 0.2) is 15.8 Å². The molecule has 18 heavy (non-hydrogen) atoms. The van der Waals surface area contributed by atoms with Crippen LogP contribution in [0.2, 0.25) is 0 Å². The Morgan fingerprint density at radius 3 is 2.78 bits per heavy atom. The van der Waals surface area contributed by atoms with Gasteiger partial charge in [-0.3, -0.25) is 18.6 Å². The summed E-state index contributed by atoms with van der Waals surface area (Å²) in [4.78, 5) is 25.0. The molecule has 0 radical (unpaired) electrons. The zero-order valence-corrected chi connectivity index (χ0v) is 10.5. The standard InChI is InChI=1S/C10H14N2O5S/c1-5-3-12(10(16)11-9(5)15)8-2-6(14)7(4-13)18(8)17/h3,6-8,13-14H,2,4H2,1H3,(H,11,15,16)/t6-,7+,8-,18?/m0/s1. The van der Waals surface area contributed by atoms with Gasteiger partial charge >= 0.3 is 5.69 Å². The first-order chi connectivity index (χ1) is 8.45. The molecule has 0 aliphatic carbocycles. The van der Waals surface area contributed by atoms with Crippen molar-refractivity contribution < 1.29 is 14.4 Å². The van der Waals surface area contributed by atoms with Crippen LogP contribution in [0.4, 0.5) is 0 Å². The summed E-state index contributed by atoms with van der Waals surface area (Å²) < 4.78 is 13.2. The van der Waals surface area contributed by atoms with Crippen molar-refractivity contribution >= 4 is 10.8 Å². The number of H-pyrrole nitrogens is 1. The lowest BCUT2D eigenvalue weighted by atomic mass is 10.2. The number of aryl methyl sites for hydroxylation is 1. The highest BCUT2D eigenvalue weighted by atomic mass is 32.2. The Labute approximate surface area is 105 Å². The van der Waals surface area contributed by atoms with Gasteiger partial charge in [-0.25, -0.2) is 4.79 Å². The van der Waals surface area contributed by atoms with E-state index >= 15 is 0 Å². The topological polar surface area (TPSA) is 112 Å². The van der Waals surface area contributed by atoms with E-state index in [4.69, 9.17) is 5.11 Å². The summed E-state index contributed by atoms with van der Waals surface area (Å²) in [7, 11) is -1.56. The fourth-order valence-corrected chi connectivity index (χ4v) is 3.77. The Morgan fingerprint density at radius 2 is 2.22 bits per heavy atom. The third kappa shape index (κ3) is 2.06. The molecular weight excluding hydrogens is 260 g/mol. The highest BCUT2D eigenvalue weighted by Crippen LogP contribution is 2.30. The van der Waals surface area contributed by atoms with Gasteiger partial charge in [0.2, 0.25) is 0 Å². The molecule has 0 saturated carbocycles. The highest BCUT2D eigenvalue weighted by Gasteiger charge is 2.41. The molecule has 1 aromatic rings. The van der Waals surface area contributed by atoms with E-state index in [0.717, 1.165) is 4.57 Å². The van der Waals surface area contributed by atoms with Crippen LogP contribution in [-0.2, 0) is 10.8 Å². The Kier molecular flexibility index (Phi) is 3.51. The van der Waals surface area contributed by atoms with Crippen molar-refractivity contribution in [1.29, 1.82) is 0 Å². The molecule has 2 rings (SSSR count). The number of nitrogens with zero attached hydrogens (tertiary/aromatic N) is 1. The maximum absolute atomic E-state index is 12.0. The van der Waals surface area contributed by atoms with E-state index in [-0.39, 0.29) is 6.42 Å². The van der Waals surface area contributed by atoms with Crippen molar-refractivity contribution in [2.75, 3.05) is 6.61 Å². The molecule has 1 aliphatic rings. The molecule has 2 heterocycles. The molecule has 0 bridgehead atoms. The Morgan fingerprint density at radius 1 is 1.56 bits per heavy atom. The number of rotatable bonds is 2. The summed E-state index contributed by atoms with van der Waals surface area (Å²) in [6.07, 6.45) is 0.527. The Bertz CT molecular complexity index is 593. The van der Waals surface area contributed by atoms with Gasteiger partial charge in [0.15, 0.2) is 0 Å². The molecule has 1 aromatic heterocycles. The number of aromatic nitrogens is 2. The van der Waals surface area contributed by atoms with Gasteiger partial charge in [-0.15, -0.1) is 0 Å². The van der Waals surface area contributed by atoms with Gasteiger partial charge in [-0.2, -0.15) is 0 Å². The second-order valence-electron chi connectivity index (χ2n) is 4.29. The summed E-state index contributed by atoms with van der Waals surface area (Å²) in [6, 6.07) is 0. The van der Waals surface area contributed by atoms with Crippen molar-refractivity contribution in [3.63, 3.8) is 0 Å². The molecule has 4 atom stereocenters.